The molecule has 0 amide bonds. The first-order valence-corrected chi connectivity index (χ1v) is 4.54. The topological polar surface area (TPSA) is 55.1 Å². The average Bonchev–Trinajstić information content (AvgIpc) is 2.30. The predicted octanol–water partition coefficient (Wildman–Crippen LogP) is 1.44. The van der Waals surface area contributed by atoms with Gasteiger partial charge in [0.25, 0.3) is 0 Å². The highest BCUT2D eigenvalue weighted by Crippen LogP contribution is 2.12. The van der Waals surface area contributed by atoms with Crippen molar-refractivity contribution in [2.75, 3.05) is 0 Å². The van der Waals surface area contributed by atoms with Gasteiger partial charge in [0.05, 0.1) is 9.26 Å². The number of aliphatic carboxylic acids is 1. The van der Waals surface area contributed by atoms with Crippen molar-refractivity contribution in [2.24, 2.45) is 0 Å². The van der Waals surface area contributed by atoms with E-state index in [-0.39, 0.29) is 0 Å². The lowest BCUT2D eigenvalue weighted by atomic mass is 10.4. The van der Waals surface area contributed by atoms with E-state index < -0.39 is 12.0 Å². The molecule has 0 unspecified atom stereocenters. The minimum Gasteiger partial charge on any atom is -0.480 e. The fraction of sp³-hybridized carbons (Fsp3) is 0.429. The third-order valence-electron chi connectivity index (χ3n) is 1.61. The van der Waals surface area contributed by atoms with Crippen LogP contribution in [0.15, 0.2) is 6.20 Å². The Kier molecular flexibility index (Phi) is 2.71. The van der Waals surface area contributed by atoms with E-state index >= 15 is 0 Å². The molecular formula is C7H9IN2O2. The Morgan fingerprint density at radius 1 is 1.83 bits per heavy atom. The van der Waals surface area contributed by atoms with Crippen LogP contribution in [-0.2, 0) is 4.79 Å². The molecule has 0 spiro atoms. The maximum Gasteiger partial charge on any atom is 0.328 e. The number of halogens is 1. The van der Waals surface area contributed by atoms with Crippen LogP contribution in [-0.4, -0.2) is 20.9 Å². The molecule has 1 atom stereocenters. The maximum atomic E-state index is 10.6. The first kappa shape index (κ1) is 9.50. The second kappa shape index (κ2) is 3.42. The number of hydrogen-bond donors (Lipinski definition) is 1. The average molecular weight is 280 g/mol. The van der Waals surface area contributed by atoms with Crippen LogP contribution in [0.2, 0.25) is 0 Å². The van der Waals surface area contributed by atoms with Crippen molar-refractivity contribution in [3.63, 3.8) is 0 Å². The van der Waals surface area contributed by atoms with E-state index in [0.717, 1.165) is 9.26 Å². The SMILES string of the molecule is Cc1nn([C@@H](C)C(=O)O)cc1I. The summed E-state index contributed by atoms with van der Waals surface area (Å²) in [6.45, 7) is 3.46. The van der Waals surface area contributed by atoms with E-state index in [1.54, 1.807) is 13.1 Å². The molecule has 0 aliphatic carbocycles. The van der Waals surface area contributed by atoms with Crippen molar-refractivity contribution in [1.82, 2.24) is 9.78 Å². The van der Waals surface area contributed by atoms with E-state index in [9.17, 15) is 4.79 Å². The summed E-state index contributed by atoms with van der Waals surface area (Å²) < 4.78 is 2.44. The van der Waals surface area contributed by atoms with Gasteiger partial charge in [0, 0.05) is 6.20 Å². The first-order chi connectivity index (χ1) is 5.52. The van der Waals surface area contributed by atoms with Gasteiger partial charge in [-0.1, -0.05) is 0 Å². The first-order valence-electron chi connectivity index (χ1n) is 3.46. The number of aromatic nitrogens is 2. The zero-order valence-corrected chi connectivity index (χ0v) is 8.94. The minimum absolute atomic E-state index is 0.591. The Bertz CT molecular complexity index is 289. The van der Waals surface area contributed by atoms with Crippen molar-refractivity contribution in [2.45, 2.75) is 19.9 Å². The zero-order valence-electron chi connectivity index (χ0n) is 6.78. The van der Waals surface area contributed by atoms with Gasteiger partial charge in [-0.05, 0) is 36.4 Å². The molecule has 5 heteroatoms. The van der Waals surface area contributed by atoms with Gasteiger partial charge >= 0.3 is 5.97 Å². The lowest BCUT2D eigenvalue weighted by Crippen LogP contribution is -2.15. The number of carbonyl (C=O) groups is 1. The molecule has 0 saturated heterocycles. The van der Waals surface area contributed by atoms with Gasteiger partial charge in [0.1, 0.15) is 6.04 Å². The Balaban J connectivity index is 2.96. The van der Waals surface area contributed by atoms with Crippen LogP contribution in [0.3, 0.4) is 0 Å². The van der Waals surface area contributed by atoms with Gasteiger partial charge in [-0.25, -0.2) is 4.79 Å². The van der Waals surface area contributed by atoms with E-state index in [0.29, 0.717) is 0 Å². The summed E-state index contributed by atoms with van der Waals surface area (Å²) in [7, 11) is 0. The summed E-state index contributed by atoms with van der Waals surface area (Å²) in [4.78, 5) is 10.6. The molecule has 12 heavy (non-hydrogen) atoms. The number of carboxylic acids is 1. The molecule has 1 rings (SSSR count). The Labute approximate surface area is 83.7 Å². The van der Waals surface area contributed by atoms with Crippen LogP contribution >= 0.6 is 22.6 Å². The number of rotatable bonds is 2. The van der Waals surface area contributed by atoms with E-state index in [1.807, 2.05) is 6.92 Å². The second-order valence-electron chi connectivity index (χ2n) is 2.56. The van der Waals surface area contributed by atoms with Crippen LogP contribution in [0.25, 0.3) is 0 Å². The smallest absolute Gasteiger partial charge is 0.328 e. The van der Waals surface area contributed by atoms with Gasteiger partial charge in [0.15, 0.2) is 0 Å². The summed E-state index contributed by atoms with van der Waals surface area (Å²) in [6, 6.07) is -0.591. The van der Waals surface area contributed by atoms with E-state index in [1.165, 1.54) is 4.68 Å². The molecule has 0 aliphatic heterocycles. The third-order valence-corrected chi connectivity index (χ3v) is 2.67. The Hall–Kier alpha value is -0.590. The summed E-state index contributed by atoms with van der Waals surface area (Å²) in [5, 5.41) is 12.7. The van der Waals surface area contributed by atoms with Gasteiger partial charge < -0.3 is 5.11 Å². The molecule has 66 valence electrons. The normalized spacial score (nSPS) is 12.9. The van der Waals surface area contributed by atoms with Crippen LogP contribution in [0.5, 0.6) is 0 Å². The fourth-order valence-corrected chi connectivity index (χ4v) is 1.16. The number of aryl methyl sites for hydroxylation is 1. The molecule has 1 aromatic heterocycles. The van der Waals surface area contributed by atoms with Gasteiger partial charge in [-0.15, -0.1) is 0 Å². The highest BCUT2D eigenvalue weighted by Gasteiger charge is 2.14. The lowest BCUT2D eigenvalue weighted by molar-refractivity contribution is -0.140. The molecule has 0 fully saturated rings. The number of carboxylic acid groups (broad SMARTS) is 1. The molecule has 1 aromatic rings. The molecule has 0 bridgehead atoms. The predicted molar refractivity (Wildman–Crippen MR) is 52.0 cm³/mol. The third kappa shape index (κ3) is 1.77. The Morgan fingerprint density at radius 3 is 2.75 bits per heavy atom. The molecule has 1 heterocycles. The number of nitrogens with zero attached hydrogens (tertiary/aromatic N) is 2. The van der Waals surface area contributed by atoms with Crippen molar-refractivity contribution >= 4 is 28.6 Å². The van der Waals surface area contributed by atoms with E-state index in [4.69, 9.17) is 5.11 Å². The summed E-state index contributed by atoms with van der Waals surface area (Å²) in [5.74, 6) is -0.867. The van der Waals surface area contributed by atoms with Crippen LogP contribution in [0, 0.1) is 10.5 Å². The largest absolute Gasteiger partial charge is 0.480 e. The molecule has 0 saturated carbocycles. The zero-order chi connectivity index (χ0) is 9.30. The molecule has 0 radical (unpaired) electrons. The molecule has 0 aromatic carbocycles. The van der Waals surface area contributed by atoms with Gasteiger partial charge in [-0.3, -0.25) is 4.68 Å². The number of hydrogen-bond acceptors (Lipinski definition) is 2. The van der Waals surface area contributed by atoms with E-state index in [2.05, 4.69) is 27.7 Å². The van der Waals surface area contributed by atoms with Crippen LogP contribution < -0.4 is 0 Å². The van der Waals surface area contributed by atoms with Crippen molar-refractivity contribution in [3.8, 4) is 0 Å². The van der Waals surface area contributed by atoms with Crippen molar-refractivity contribution in [1.29, 1.82) is 0 Å². The molecule has 4 nitrogen and oxygen atoms in total. The van der Waals surface area contributed by atoms with Gasteiger partial charge in [0.2, 0.25) is 0 Å². The summed E-state index contributed by atoms with van der Waals surface area (Å²) in [6.07, 6.45) is 1.73. The monoisotopic (exact) mass is 280 g/mol. The minimum atomic E-state index is -0.867. The fourth-order valence-electron chi connectivity index (χ4n) is 0.771. The second-order valence-corrected chi connectivity index (χ2v) is 3.72. The molecule has 0 aliphatic rings. The Morgan fingerprint density at radius 2 is 2.42 bits per heavy atom. The standard InChI is InChI=1S/C7H9IN2O2/c1-4-6(8)3-10(9-4)5(2)7(11)12/h3,5H,1-2H3,(H,11,12)/t5-/m0/s1. The highest BCUT2D eigenvalue weighted by molar-refractivity contribution is 14.1. The van der Waals surface area contributed by atoms with Crippen molar-refractivity contribution in [3.05, 3.63) is 15.5 Å². The van der Waals surface area contributed by atoms with Crippen LogP contribution in [0.4, 0.5) is 0 Å². The lowest BCUT2D eigenvalue weighted by Gasteiger charge is -2.04. The molecular weight excluding hydrogens is 271 g/mol. The quantitative estimate of drug-likeness (QED) is 0.834. The molecule has 1 N–H and O–H groups in total. The summed E-state index contributed by atoms with van der Waals surface area (Å²) in [5.41, 5.74) is 0.865. The highest BCUT2D eigenvalue weighted by atomic mass is 127. The van der Waals surface area contributed by atoms with Crippen molar-refractivity contribution < 1.29 is 9.90 Å². The van der Waals surface area contributed by atoms with Gasteiger partial charge in [-0.2, -0.15) is 5.10 Å². The summed E-state index contributed by atoms with van der Waals surface area (Å²) >= 11 is 2.13. The van der Waals surface area contributed by atoms with Crippen LogP contribution in [0.1, 0.15) is 18.7 Å². The maximum absolute atomic E-state index is 10.6.